The number of nitrogens with zero attached hydrogens (tertiary/aromatic N) is 1. The molecule has 2 rings (SSSR count). The van der Waals surface area contributed by atoms with Gasteiger partial charge in [-0.3, -0.25) is 4.79 Å². The number of methoxy groups -OCH3 is 1. The van der Waals surface area contributed by atoms with E-state index in [0.717, 1.165) is 5.56 Å². The Kier molecular flexibility index (Phi) is 4.48. The lowest BCUT2D eigenvalue weighted by atomic mass is 10.2. The predicted molar refractivity (Wildman–Crippen MR) is 78.4 cm³/mol. The number of thiophene rings is 1. The first-order chi connectivity index (χ1) is 9.56. The lowest BCUT2D eigenvalue weighted by Gasteiger charge is -2.05. The van der Waals surface area contributed by atoms with E-state index in [-0.39, 0.29) is 11.6 Å². The highest BCUT2D eigenvalue weighted by atomic mass is 32.1. The number of hydrogen-bond donors (Lipinski definition) is 2. The highest BCUT2D eigenvalue weighted by Crippen LogP contribution is 2.28. The molecule has 2 heterocycles. The van der Waals surface area contributed by atoms with Gasteiger partial charge in [-0.2, -0.15) is 0 Å². The zero-order chi connectivity index (χ0) is 14.7. The van der Waals surface area contributed by atoms with Gasteiger partial charge in [0.15, 0.2) is 0 Å². The summed E-state index contributed by atoms with van der Waals surface area (Å²) in [6, 6.07) is 0. The van der Waals surface area contributed by atoms with Crippen LogP contribution < -0.4 is 11.1 Å². The molecule has 0 spiro atoms. The number of aromatic nitrogens is 1. The summed E-state index contributed by atoms with van der Waals surface area (Å²) in [5.41, 5.74) is 7.02. The van der Waals surface area contributed by atoms with Crippen molar-refractivity contribution in [1.29, 1.82) is 0 Å². The van der Waals surface area contributed by atoms with Crippen molar-refractivity contribution in [3.8, 4) is 0 Å². The van der Waals surface area contributed by atoms with E-state index in [1.807, 2.05) is 6.92 Å². The minimum Gasteiger partial charge on any atom is -0.465 e. The summed E-state index contributed by atoms with van der Waals surface area (Å²) in [4.78, 5) is 28.2. The zero-order valence-corrected chi connectivity index (χ0v) is 12.6. The monoisotopic (exact) mass is 311 g/mol. The summed E-state index contributed by atoms with van der Waals surface area (Å²) in [6.45, 7) is 2.10. The van der Waals surface area contributed by atoms with E-state index >= 15 is 0 Å². The Balaban J connectivity index is 2.23. The molecule has 1 amide bonds. The number of nitrogens with two attached hydrogens (primary N) is 1. The molecule has 8 heteroatoms. The molecule has 0 aliphatic heterocycles. The normalized spacial score (nSPS) is 10.3. The number of carbonyl (C=O) groups excluding carboxylic acids is 2. The zero-order valence-electron chi connectivity index (χ0n) is 10.9. The smallest absolute Gasteiger partial charge is 0.350 e. The number of nitrogens with one attached hydrogen (secondary N) is 1. The number of carbonyl (C=O) groups is 2. The Labute approximate surface area is 123 Å². The van der Waals surface area contributed by atoms with Crippen LogP contribution in [0.3, 0.4) is 0 Å². The summed E-state index contributed by atoms with van der Waals surface area (Å²) in [7, 11) is 1.30. The van der Waals surface area contributed by atoms with E-state index in [4.69, 9.17) is 5.73 Å². The van der Waals surface area contributed by atoms with Crippen LogP contribution in [-0.2, 0) is 11.3 Å². The van der Waals surface area contributed by atoms with Gasteiger partial charge in [0.2, 0.25) is 0 Å². The van der Waals surface area contributed by atoms with Crippen molar-refractivity contribution in [3.05, 3.63) is 31.9 Å². The number of amides is 1. The van der Waals surface area contributed by atoms with Crippen LogP contribution >= 0.6 is 22.7 Å². The Morgan fingerprint density at radius 1 is 1.40 bits per heavy atom. The van der Waals surface area contributed by atoms with Crippen LogP contribution in [0.5, 0.6) is 0 Å². The van der Waals surface area contributed by atoms with Crippen molar-refractivity contribution in [2.45, 2.75) is 13.5 Å². The summed E-state index contributed by atoms with van der Waals surface area (Å²) in [5.74, 6) is -0.841. The molecule has 0 aliphatic carbocycles. The minimum atomic E-state index is -0.473. The Morgan fingerprint density at radius 2 is 2.15 bits per heavy atom. The van der Waals surface area contributed by atoms with E-state index in [2.05, 4.69) is 15.0 Å². The van der Waals surface area contributed by atoms with Gasteiger partial charge in [0.25, 0.3) is 5.91 Å². The van der Waals surface area contributed by atoms with Crippen LogP contribution in [0.1, 0.15) is 30.7 Å². The number of ether oxygens (including phenoxy) is 1. The van der Waals surface area contributed by atoms with E-state index in [0.29, 0.717) is 22.1 Å². The van der Waals surface area contributed by atoms with E-state index < -0.39 is 5.97 Å². The standard InChI is InChI=1S/C12H13N3O3S2/c1-6-4-20-10(12(17)18-2)9(6)15-11(16)7-5-19-8(3-13)14-7/h4-5H,3,13H2,1-2H3,(H,15,16). The second-order valence-corrected chi connectivity index (χ2v) is 5.72. The SMILES string of the molecule is COC(=O)c1scc(C)c1NC(=O)c1csc(CN)n1. The van der Waals surface area contributed by atoms with Crippen LogP contribution in [0.25, 0.3) is 0 Å². The molecule has 2 aromatic rings. The third-order valence-electron chi connectivity index (χ3n) is 2.54. The summed E-state index contributed by atoms with van der Waals surface area (Å²) in [6.07, 6.45) is 0. The van der Waals surface area contributed by atoms with Crippen molar-refractivity contribution in [2.24, 2.45) is 5.73 Å². The Hall–Kier alpha value is -1.77. The molecule has 0 saturated heterocycles. The third-order valence-corrected chi connectivity index (χ3v) is 4.49. The second-order valence-electron chi connectivity index (χ2n) is 3.90. The molecule has 6 nitrogen and oxygen atoms in total. The molecule has 0 atom stereocenters. The molecule has 0 radical (unpaired) electrons. The average molecular weight is 311 g/mol. The largest absolute Gasteiger partial charge is 0.465 e. The lowest BCUT2D eigenvalue weighted by Crippen LogP contribution is -2.15. The molecule has 0 fully saturated rings. The number of aryl methyl sites for hydroxylation is 1. The maximum Gasteiger partial charge on any atom is 0.350 e. The molecule has 0 unspecified atom stereocenters. The van der Waals surface area contributed by atoms with Crippen molar-refractivity contribution >= 4 is 40.2 Å². The number of rotatable bonds is 4. The summed E-state index contributed by atoms with van der Waals surface area (Å²) < 4.78 is 4.69. The number of hydrogen-bond acceptors (Lipinski definition) is 7. The van der Waals surface area contributed by atoms with Gasteiger partial charge in [0, 0.05) is 11.9 Å². The third kappa shape index (κ3) is 2.87. The number of esters is 1. The van der Waals surface area contributed by atoms with Gasteiger partial charge in [-0.25, -0.2) is 9.78 Å². The van der Waals surface area contributed by atoms with Gasteiger partial charge in [0.1, 0.15) is 15.6 Å². The van der Waals surface area contributed by atoms with Gasteiger partial charge >= 0.3 is 5.97 Å². The van der Waals surface area contributed by atoms with Gasteiger partial charge in [0.05, 0.1) is 12.8 Å². The highest BCUT2D eigenvalue weighted by Gasteiger charge is 2.20. The van der Waals surface area contributed by atoms with E-state index in [1.54, 1.807) is 10.8 Å². The Morgan fingerprint density at radius 3 is 2.75 bits per heavy atom. The maximum atomic E-state index is 12.1. The highest BCUT2D eigenvalue weighted by molar-refractivity contribution is 7.12. The van der Waals surface area contributed by atoms with E-state index in [1.165, 1.54) is 29.8 Å². The van der Waals surface area contributed by atoms with Crippen molar-refractivity contribution in [3.63, 3.8) is 0 Å². The first kappa shape index (κ1) is 14.6. The topological polar surface area (TPSA) is 94.3 Å². The molecule has 0 bridgehead atoms. The minimum absolute atomic E-state index is 0.289. The predicted octanol–water partition coefficient (Wildman–Crippen LogP) is 2.01. The summed E-state index contributed by atoms with van der Waals surface area (Å²) >= 11 is 2.55. The maximum absolute atomic E-state index is 12.1. The fourth-order valence-corrected chi connectivity index (χ4v) is 3.11. The number of anilines is 1. The summed E-state index contributed by atoms with van der Waals surface area (Å²) in [5, 5.41) is 6.81. The van der Waals surface area contributed by atoms with Crippen molar-refractivity contribution in [2.75, 3.05) is 12.4 Å². The molecule has 106 valence electrons. The number of thiazole rings is 1. The van der Waals surface area contributed by atoms with E-state index in [9.17, 15) is 9.59 Å². The lowest BCUT2D eigenvalue weighted by molar-refractivity contribution is 0.0607. The van der Waals surface area contributed by atoms with Gasteiger partial charge < -0.3 is 15.8 Å². The van der Waals surface area contributed by atoms with Gasteiger partial charge in [-0.1, -0.05) is 0 Å². The van der Waals surface area contributed by atoms with Gasteiger partial charge in [-0.15, -0.1) is 22.7 Å². The molecule has 0 saturated carbocycles. The quantitative estimate of drug-likeness (QED) is 0.842. The van der Waals surface area contributed by atoms with Crippen LogP contribution in [0, 0.1) is 6.92 Å². The molecule has 20 heavy (non-hydrogen) atoms. The first-order valence-corrected chi connectivity index (χ1v) is 7.45. The fraction of sp³-hybridized carbons (Fsp3) is 0.250. The molecule has 2 aromatic heterocycles. The van der Waals surface area contributed by atoms with Crippen molar-refractivity contribution < 1.29 is 14.3 Å². The fourth-order valence-electron chi connectivity index (χ4n) is 1.53. The van der Waals surface area contributed by atoms with Crippen LogP contribution in [0.15, 0.2) is 10.8 Å². The second kappa shape index (κ2) is 6.12. The molecule has 3 N–H and O–H groups in total. The van der Waals surface area contributed by atoms with Crippen LogP contribution in [0.4, 0.5) is 5.69 Å². The molecule has 0 aliphatic rings. The molecular weight excluding hydrogens is 298 g/mol. The first-order valence-electron chi connectivity index (χ1n) is 5.69. The van der Waals surface area contributed by atoms with Crippen molar-refractivity contribution in [1.82, 2.24) is 4.98 Å². The van der Waals surface area contributed by atoms with Crippen LogP contribution in [-0.4, -0.2) is 24.0 Å². The Bertz CT molecular complexity index is 648. The van der Waals surface area contributed by atoms with Gasteiger partial charge in [-0.05, 0) is 17.9 Å². The molecule has 0 aromatic carbocycles. The average Bonchev–Trinajstić information content (AvgIpc) is 3.06. The van der Waals surface area contributed by atoms with Crippen LogP contribution in [0.2, 0.25) is 0 Å². The molecular formula is C12H13N3O3S2.